The number of rotatable bonds is 6. The number of carbonyl (C=O) groups is 2. The third kappa shape index (κ3) is 4.64. The van der Waals surface area contributed by atoms with Crippen molar-refractivity contribution in [2.75, 3.05) is 13.1 Å². The van der Waals surface area contributed by atoms with Crippen LogP contribution in [0.1, 0.15) is 30.9 Å². The zero-order valence-electron chi connectivity index (χ0n) is 18.1. The Morgan fingerprint density at radius 1 is 0.969 bits per heavy atom. The van der Waals surface area contributed by atoms with E-state index in [1.165, 1.54) is 0 Å². The smallest absolute Gasteiger partial charge is 0.317 e. The van der Waals surface area contributed by atoms with E-state index in [2.05, 4.69) is 4.98 Å². The third-order valence-corrected chi connectivity index (χ3v) is 5.97. The second-order valence-electron chi connectivity index (χ2n) is 7.93. The first kappa shape index (κ1) is 21.6. The van der Waals surface area contributed by atoms with Gasteiger partial charge in [-0.25, -0.2) is 0 Å². The first-order valence-corrected chi connectivity index (χ1v) is 10.7. The fraction of sp³-hybridized carbons (Fsp3) is 0.269. The summed E-state index contributed by atoms with van der Waals surface area (Å²) in [6, 6.07) is 20.8. The summed E-state index contributed by atoms with van der Waals surface area (Å²) >= 11 is 0. The Bertz CT molecular complexity index is 1060. The lowest BCUT2D eigenvalue weighted by molar-refractivity contribution is -0.155. The summed E-state index contributed by atoms with van der Waals surface area (Å²) < 4.78 is 11.8. The second kappa shape index (κ2) is 9.64. The van der Waals surface area contributed by atoms with Crippen LogP contribution in [0.15, 0.2) is 79.1 Å². The Kier molecular flexibility index (Phi) is 6.50. The Hall–Kier alpha value is -3.67. The molecule has 0 bridgehead atoms. The van der Waals surface area contributed by atoms with Gasteiger partial charge >= 0.3 is 5.97 Å². The number of esters is 1. The summed E-state index contributed by atoms with van der Waals surface area (Å²) in [7, 11) is 0. The summed E-state index contributed by atoms with van der Waals surface area (Å²) in [5, 5.41) is 0. The number of pyridine rings is 1. The quantitative estimate of drug-likeness (QED) is 0.539. The SMILES string of the molecule is CC(=O)N1CCC(C(=O)OCc2ccccc2Oc2cccnc2)(c2ccccc2)CC1. The fourth-order valence-corrected chi connectivity index (χ4v) is 4.11. The van der Waals surface area contributed by atoms with Gasteiger partial charge in [-0.15, -0.1) is 0 Å². The molecule has 1 amide bonds. The average Bonchev–Trinajstić information content (AvgIpc) is 2.84. The van der Waals surface area contributed by atoms with Crippen LogP contribution in [0.4, 0.5) is 0 Å². The molecule has 0 N–H and O–H groups in total. The first-order valence-electron chi connectivity index (χ1n) is 10.7. The molecule has 6 nitrogen and oxygen atoms in total. The van der Waals surface area contributed by atoms with Crippen LogP contribution in [0.25, 0.3) is 0 Å². The summed E-state index contributed by atoms with van der Waals surface area (Å²) in [6.07, 6.45) is 4.38. The Labute approximate surface area is 187 Å². The van der Waals surface area contributed by atoms with Gasteiger partial charge in [0.1, 0.15) is 18.1 Å². The zero-order chi connectivity index (χ0) is 22.4. The van der Waals surface area contributed by atoms with Crippen LogP contribution in [0.5, 0.6) is 11.5 Å². The highest BCUT2D eigenvalue weighted by atomic mass is 16.5. The lowest BCUT2D eigenvalue weighted by atomic mass is 9.72. The second-order valence-corrected chi connectivity index (χ2v) is 7.93. The molecular weight excluding hydrogens is 404 g/mol. The summed E-state index contributed by atoms with van der Waals surface area (Å²) in [5.41, 5.74) is 0.925. The van der Waals surface area contributed by atoms with Crippen molar-refractivity contribution < 1.29 is 19.1 Å². The van der Waals surface area contributed by atoms with Crippen LogP contribution in [0.3, 0.4) is 0 Å². The molecule has 3 aromatic rings. The molecule has 1 aliphatic rings. The van der Waals surface area contributed by atoms with E-state index < -0.39 is 5.41 Å². The van der Waals surface area contributed by atoms with E-state index >= 15 is 0 Å². The average molecular weight is 431 g/mol. The predicted molar refractivity (Wildman–Crippen MR) is 120 cm³/mol. The molecule has 4 rings (SSSR count). The molecule has 0 unspecified atom stereocenters. The first-order chi connectivity index (χ1) is 15.6. The van der Waals surface area contributed by atoms with Gasteiger partial charge in [0.15, 0.2) is 0 Å². The molecule has 164 valence electrons. The maximum absolute atomic E-state index is 13.5. The summed E-state index contributed by atoms with van der Waals surface area (Å²) in [4.78, 5) is 31.1. The number of benzene rings is 2. The zero-order valence-corrected chi connectivity index (χ0v) is 18.1. The van der Waals surface area contributed by atoms with Gasteiger partial charge in [-0.05, 0) is 36.6 Å². The third-order valence-electron chi connectivity index (χ3n) is 5.97. The lowest BCUT2D eigenvalue weighted by Gasteiger charge is -2.40. The molecule has 0 aliphatic carbocycles. The standard InChI is InChI=1S/C26H26N2O4/c1-20(29)28-16-13-26(14-17-28,22-9-3-2-4-10-22)25(30)31-19-21-8-5-6-12-24(21)32-23-11-7-15-27-18-23/h2-12,15,18H,13-14,16-17,19H2,1H3. The van der Waals surface area contributed by atoms with Gasteiger partial charge < -0.3 is 14.4 Å². The molecule has 6 heteroatoms. The number of ether oxygens (including phenoxy) is 2. The fourth-order valence-electron chi connectivity index (χ4n) is 4.11. The number of para-hydroxylation sites is 1. The number of likely N-dealkylation sites (tertiary alicyclic amines) is 1. The monoisotopic (exact) mass is 430 g/mol. The highest BCUT2D eigenvalue weighted by molar-refractivity contribution is 5.84. The molecule has 2 aromatic carbocycles. The van der Waals surface area contributed by atoms with Crippen LogP contribution in [0, 0.1) is 0 Å². The highest BCUT2D eigenvalue weighted by Gasteiger charge is 2.44. The number of amides is 1. The van der Waals surface area contributed by atoms with E-state index in [4.69, 9.17) is 9.47 Å². The molecule has 1 fully saturated rings. The van der Waals surface area contributed by atoms with Crippen molar-refractivity contribution in [3.05, 3.63) is 90.3 Å². The van der Waals surface area contributed by atoms with E-state index in [0.717, 1.165) is 11.1 Å². The predicted octanol–water partition coefficient (Wildman–Crippen LogP) is 4.50. The van der Waals surface area contributed by atoms with Gasteiger partial charge in [-0.1, -0.05) is 48.5 Å². The van der Waals surface area contributed by atoms with Crippen LogP contribution in [-0.4, -0.2) is 34.8 Å². The minimum absolute atomic E-state index is 0.0292. The van der Waals surface area contributed by atoms with Crippen molar-refractivity contribution >= 4 is 11.9 Å². The largest absolute Gasteiger partial charge is 0.460 e. The molecule has 0 radical (unpaired) electrons. The Morgan fingerprint density at radius 2 is 1.69 bits per heavy atom. The number of hydrogen-bond acceptors (Lipinski definition) is 5. The van der Waals surface area contributed by atoms with E-state index in [0.29, 0.717) is 37.4 Å². The minimum atomic E-state index is -0.771. The summed E-state index contributed by atoms with van der Waals surface area (Å²) in [6.45, 7) is 2.72. The van der Waals surface area contributed by atoms with Crippen molar-refractivity contribution in [1.29, 1.82) is 0 Å². The van der Waals surface area contributed by atoms with E-state index in [9.17, 15) is 9.59 Å². The summed E-state index contributed by atoms with van der Waals surface area (Å²) in [5.74, 6) is 0.988. The number of aromatic nitrogens is 1. The lowest BCUT2D eigenvalue weighted by Crippen LogP contribution is -2.49. The molecule has 2 heterocycles. The maximum atomic E-state index is 13.5. The maximum Gasteiger partial charge on any atom is 0.317 e. The van der Waals surface area contributed by atoms with E-state index in [-0.39, 0.29) is 18.5 Å². The molecule has 1 aromatic heterocycles. The Balaban J connectivity index is 1.52. The van der Waals surface area contributed by atoms with Crippen LogP contribution < -0.4 is 4.74 Å². The molecule has 1 saturated heterocycles. The molecule has 1 aliphatic heterocycles. The number of carbonyl (C=O) groups excluding carboxylic acids is 2. The number of piperidine rings is 1. The number of nitrogens with zero attached hydrogens (tertiary/aromatic N) is 2. The van der Waals surface area contributed by atoms with Crippen molar-refractivity contribution in [2.45, 2.75) is 31.8 Å². The topological polar surface area (TPSA) is 68.7 Å². The van der Waals surface area contributed by atoms with Crippen LogP contribution in [-0.2, 0) is 26.3 Å². The van der Waals surface area contributed by atoms with Gasteiger partial charge in [-0.2, -0.15) is 0 Å². The van der Waals surface area contributed by atoms with Crippen molar-refractivity contribution in [1.82, 2.24) is 9.88 Å². The van der Waals surface area contributed by atoms with Crippen molar-refractivity contribution in [3.63, 3.8) is 0 Å². The Morgan fingerprint density at radius 3 is 2.38 bits per heavy atom. The molecular formula is C26H26N2O4. The van der Waals surface area contributed by atoms with Gasteiger partial charge in [0.2, 0.25) is 5.91 Å². The van der Waals surface area contributed by atoms with Crippen molar-refractivity contribution in [2.24, 2.45) is 0 Å². The molecule has 0 spiro atoms. The highest BCUT2D eigenvalue weighted by Crippen LogP contribution is 2.37. The van der Waals surface area contributed by atoms with Gasteiger partial charge in [0.05, 0.1) is 11.6 Å². The van der Waals surface area contributed by atoms with E-state index in [1.54, 1.807) is 30.3 Å². The molecule has 0 saturated carbocycles. The van der Waals surface area contributed by atoms with Crippen LogP contribution >= 0.6 is 0 Å². The molecule has 0 atom stereocenters. The van der Waals surface area contributed by atoms with E-state index in [1.807, 2.05) is 60.7 Å². The van der Waals surface area contributed by atoms with Gasteiger partial charge in [-0.3, -0.25) is 14.6 Å². The normalized spacial score (nSPS) is 15.1. The minimum Gasteiger partial charge on any atom is -0.460 e. The van der Waals surface area contributed by atoms with Crippen molar-refractivity contribution in [3.8, 4) is 11.5 Å². The van der Waals surface area contributed by atoms with Crippen LogP contribution in [0.2, 0.25) is 0 Å². The van der Waals surface area contributed by atoms with Gasteiger partial charge in [0.25, 0.3) is 0 Å². The molecule has 32 heavy (non-hydrogen) atoms. The van der Waals surface area contributed by atoms with Gasteiger partial charge in [0, 0.05) is 31.8 Å². The number of hydrogen-bond donors (Lipinski definition) is 0.